The Morgan fingerprint density at radius 2 is 1.54 bits per heavy atom. The number of benzene rings is 2. The number of anilines is 1. The molecule has 0 radical (unpaired) electrons. The van der Waals surface area contributed by atoms with Crippen molar-refractivity contribution in [1.82, 2.24) is 4.90 Å². The van der Waals surface area contributed by atoms with E-state index < -0.39 is 11.3 Å². The molecule has 8 heteroatoms. The summed E-state index contributed by atoms with van der Waals surface area (Å²) in [6.07, 6.45) is 0. The summed E-state index contributed by atoms with van der Waals surface area (Å²) in [5.41, 5.74) is 3.38. The van der Waals surface area contributed by atoms with E-state index in [1.807, 2.05) is 60.0 Å². The van der Waals surface area contributed by atoms with Gasteiger partial charge in [-0.25, -0.2) is 0 Å². The summed E-state index contributed by atoms with van der Waals surface area (Å²) < 4.78 is 24.5. The summed E-state index contributed by atoms with van der Waals surface area (Å²) >= 11 is 11.2. The minimum atomic E-state index is -2.31. The third-order valence-electron chi connectivity index (χ3n) is 4.96. The third-order valence-corrected chi connectivity index (χ3v) is 6.81. The Kier molecular flexibility index (Phi) is 6.06. The lowest BCUT2D eigenvalue weighted by Crippen LogP contribution is -2.47. The van der Waals surface area contributed by atoms with E-state index in [0.717, 1.165) is 29.8 Å². The van der Waals surface area contributed by atoms with E-state index in [-0.39, 0.29) is 6.04 Å². The topological polar surface area (TPSA) is 55.4 Å². The average Bonchev–Trinajstić information content (AvgIpc) is 3.06. The maximum absolute atomic E-state index is 11.0. The molecule has 2 aromatic carbocycles. The first-order chi connectivity index (χ1) is 13.5. The predicted molar refractivity (Wildman–Crippen MR) is 116 cm³/mol. The van der Waals surface area contributed by atoms with Gasteiger partial charge in [-0.2, -0.15) is 0 Å². The first-order valence-corrected chi connectivity index (χ1v) is 11.4. The van der Waals surface area contributed by atoms with Gasteiger partial charge in [-0.15, -0.1) is 11.3 Å². The SMILES string of the molecule is O=S([O-])Nc1sccc1C1CN(C(c2ccc(Cl)cc2)c2ccc(Cl)cc2)C1. The molecule has 4 nitrogen and oxygen atoms in total. The van der Waals surface area contributed by atoms with Crippen LogP contribution in [0.4, 0.5) is 5.00 Å². The molecular weight excluding hydrogens is 435 g/mol. The summed E-state index contributed by atoms with van der Waals surface area (Å²) in [6, 6.07) is 17.9. The lowest BCUT2D eigenvalue weighted by Gasteiger charge is -2.45. The number of rotatable bonds is 6. The normalized spacial score (nSPS) is 16.1. The van der Waals surface area contributed by atoms with Gasteiger partial charge in [0, 0.05) is 40.3 Å². The van der Waals surface area contributed by atoms with Gasteiger partial charge in [-0.05, 0) is 52.4 Å². The van der Waals surface area contributed by atoms with Crippen LogP contribution >= 0.6 is 34.5 Å². The van der Waals surface area contributed by atoms with E-state index in [1.165, 1.54) is 11.3 Å². The van der Waals surface area contributed by atoms with Crippen molar-refractivity contribution >= 4 is 50.8 Å². The highest BCUT2D eigenvalue weighted by Crippen LogP contribution is 2.42. The molecule has 0 amide bonds. The lowest BCUT2D eigenvalue weighted by atomic mass is 9.87. The highest BCUT2D eigenvalue weighted by Gasteiger charge is 2.36. The minimum absolute atomic E-state index is 0.0921. The zero-order chi connectivity index (χ0) is 19.7. The van der Waals surface area contributed by atoms with Gasteiger partial charge in [0.05, 0.1) is 6.04 Å². The molecule has 0 bridgehead atoms. The van der Waals surface area contributed by atoms with Crippen LogP contribution in [-0.2, 0) is 11.3 Å². The van der Waals surface area contributed by atoms with Crippen molar-refractivity contribution in [3.8, 4) is 0 Å². The Morgan fingerprint density at radius 1 is 1.00 bits per heavy atom. The molecular formula is C20H17Cl2N2O2S2-. The molecule has 0 saturated carbocycles. The number of nitrogens with one attached hydrogen (secondary N) is 1. The second-order valence-corrected chi connectivity index (χ2v) is 9.16. The summed E-state index contributed by atoms with van der Waals surface area (Å²) in [4.78, 5) is 2.38. The monoisotopic (exact) mass is 451 g/mol. The van der Waals surface area contributed by atoms with Crippen molar-refractivity contribution < 1.29 is 8.76 Å². The fourth-order valence-electron chi connectivity index (χ4n) is 3.62. The Balaban J connectivity index is 1.57. The van der Waals surface area contributed by atoms with Crippen molar-refractivity contribution in [2.24, 2.45) is 0 Å². The molecule has 28 heavy (non-hydrogen) atoms. The molecule has 1 aromatic heterocycles. The lowest BCUT2D eigenvalue weighted by molar-refractivity contribution is 0.112. The van der Waals surface area contributed by atoms with Gasteiger partial charge in [0.2, 0.25) is 0 Å². The van der Waals surface area contributed by atoms with E-state index in [0.29, 0.717) is 21.0 Å². The van der Waals surface area contributed by atoms with Crippen LogP contribution in [0.15, 0.2) is 60.0 Å². The highest BCUT2D eigenvalue weighted by molar-refractivity contribution is 7.80. The Bertz CT molecular complexity index is 925. The molecule has 0 aliphatic carbocycles. The van der Waals surface area contributed by atoms with Crippen LogP contribution in [0.2, 0.25) is 10.0 Å². The van der Waals surface area contributed by atoms with E-state index >= 15 is 0 Å². The Labute approximate surface area is 180 Å². The molecule has 1 N–H and O–H groups in total. The van der Waals surface area contributed by atoms with Gasteiger partial charge >= 0.3 is 0 Å². The molecule has 0 spiro atoms. The summed E-state index contributed by atoms with van der Waals surface area (Å²) in [5, 5.41) is 4.04. The Hall–Kier alpha value is -1.41. The van der Waals surface area contributed by atoms with Crippen LogP contribution in [-0.4, -0.2) is 26.8 Å². The van der Waals surface area contributed by atoms with E-state index in [4.69, 9.17) is 23.2 Å². The molecule has 1 aliphatic rings. The molecule has 1 fully saturated rings. The molecule has 2 heterocycles. The molecule has 4 rings (SSSR count). The van der Waals surface area contributed by atoms with Crippen LogP contribution < -0.4 is 4.72 Å². The number of hydrogen-bond acceptors (Lipinski definition) is 4. The predicted octanol–water partition coefficient (Wildman–Crippen LogP) is 5.45. The molecule has 1 saturated heterocycles. The van der Waals surface area contributed by atoms with Gasteiger partial charge in [0.25, 0.3) is 0 Å². The van der Waals surface area contributed by atoms with Gasteiger partial charge < -0.3 is 9.27 Å². The molecule has 3 aromatic rings. The first kappa shape index (κ1) is 19.9. The van der Waals surface area contributed by atoms with Gasteiger partial charge in [0.15, 0.2) is 0 Å². The number of likely N-dealkylation sites (tertiary alicyclic amines) is 1. The van der Waals surface area contributed by atoms with Crippen molar-refractivity contribution in [2.45, 2.75) is 12.0 Å². The minimum Gasteiger partial charge on any atom is -0.755 e. The zero-order valence-electron chi connectivity index (χ0n) is 14.7. The fraction of sp³-hybridized carbons (Fsp3) is 0.200. The zero-order valence-corrected chi connectivity index (χ0v) is 17.8. The second-order valence-electron chi connectivity index (χ2n) is 6.70. The van der Waals surface area contributed by atoms with Crippen LogP contribution in [0.1, 0.15) is 28.7 Å². The third kappa shape index (κ3) is 4.27. The molecule has 1 aliphatic heterocycles. The summed E-state index contributed by atoms with van der Waals surface area (Å²) in [6.45, 7) is 1.68. The standard InChI is InChI=1S/C20H18Cl2N2O2S2/c21-16-5-1-13(2-6-16)19(14-3-7-17(22)8-4-14)24-11-15(12-24)18-9-10-27-20(18)23-28(25)26/h1-10,15,19,23H,11-12H2,(H,25,26)/p-1. The smallest absolute Gasteiger partial charge is 0.103 e. The van der Waals surface area contributed by atoms with Gasteiger partial charge in [0.1, 0.15) is 5.00 Å². The van der Waals surface area contributed by atoms with E-state index in [9.17, 15) is 8.76 Å². The first-order valence-electron chi connectivity index (χ1n) is 8.69. The number of thiophene rings is 1. The molecule has 1 unspecified atom stereocenters. The van der Waals surface area contributed by atoms with Crippen molar-refractivity contribution in [3.05, 3.63) is 86.7 Å². The summed E-state index contributed by atoms with van der Waals surface area (Å²) in [7, 11) is 0. The molecule has 1 atom stereocenters. The molecule has 146 valence electrons. The number of hydrogen-bond donors (Lipinski definition) is 1. The average molecular weight is 452 g/mol. The quantitative estimate of drug-likeness (QED) is 0.506. The van der Waals surface area contributed by atoms with Crippen LogP contribution in [0.25, 0.3) is 0 Å². The van der Waals surface area contributed by atoms with Gasteiger partial charge in [-0.3, -0.25) is 9.11 Å². The number of nitrogens with zero attached hydrogens (tertiary/aromatic N) is 1. The van der Waals surface area contributed by atoms with Crippen LogP contribution in [0, 0.1) is 0 Å². The maximum atomic E-state index is 11.0. The van der Waals surface area contributed by atoms with E-state index in [2.05, 4.69) is 9.62 Å². The van der Waals surface area contributed by atoms with Crippen LogP contribution in [0.5, 0.6) is 0 Å². The largest absolute Gasteiger partial charge is 0.755 e. The van der Waals surface area contributed by atoms with Gasteiger partial charge in [-0.1, -0.05) is 47.5 Å². The number of halogens is 2. The van der Waals surface area contributed by atoms with Crippen LogP contribution in [0.3, 0.4) is 0 Å². The summed E-state index contributed by atoms with van der Waals surface area (Å²) in [5.74, 6) is 0.291. The second kappa shape index (κ2) is 8.53. The van der Waals surface area contributed by atoms with Crippen molar-refractivity contribution in [1.29, 1.82) is 0 Å². The fourth-order valence-corrected chi connectivity index (χ4v) is 5.26. The van der Waals surface area contributed by atoms with Crippen molar-refractivity contribution in [2.75, 3.05) is 17.8 Å². The van der Waals surface area contributed by atoms with E-state index in [1.54, 1.807) is 0 Å². The highest BCUT2D eigenvalue weighted by atomic mass is 35.5. The maximum Gasteiger partial charge on any atom is 0.103 e. The van der Waals surface area contributed by atoms with Crippen molar-refractivity contribution in [3.63, 3.8) is 0 Å². The Morgan fingerprint density at radius 3 is 2.04 bits per heavy atom.